The summed E-state index contributed by atoms with van der Waals surface area (Å²) in [5, 5.41) is 9.00. The van der Waals surface area contributed by atoms with Crippen LogP contribution in [0.25, 0.3) is 0 Å². The molecule has 76 valence electrons. The molecule has 0 radical (unpaired) electrons. The molecule has 1 atom stereocenters. The lowest BCUT2D eigenvalue weighted by Crippen LogP contribution is -2.22. The van der Waals surface area contributed by atoms with Gasteiger partial charge in [-0.3, -0.25) is 4.79 Å². The quantitative estimate of drug-likeness (QED) is 0.784. The van der Waals surface area contributed by atoms with Crippen LogP contribution >= 0.6 is 11.3 Å². The average molecular weight is 211 g/mol. The second-order valence-corrected chi connectivity index (χ2v) is 4.21. The molecule has 0 bridgehead atoms. The fourth-order valence-electron chi connectivity index (χ4n) is 1.42. The second kappa shape index (κ2) is 3.96. The van der Waals surface area contributed by atoms with Crippen LogP contribution in [0, 0.1) is 0 Å². The molecule has 0 aromatic carbocycles. The molecule has 1 amide bonds. The van der Waals surface area contributed by atoms with Gasteiger partial charge in [0.2, 0.25) is 5.91 Å². The van der Waals surface area contributed by atoms with Crippen LogP contribution in [0.4, 0.5) is 5.13 Å². The number of hydrogen-bond acceptors (Lipinski definition) is 4. The number of hydrogen-bond donors (Lipinski definition) is 2. The Morgan fingerprint density at radius 3 is 3.21 bits per heavy atom. The first-order chi connectivity index (χ1) is 6.78. The lowest BCUT2D eigenvalue weighted by atomic mass is 10.3. The molecular formula is C9H13N3OS. The maximum atomic E-state index is 10.9. The molecule has 2 N–H and O–H groups in total. The van der Waals surface area contributed by atoms with E-state index in [0.29, 0.717) is 13.0 Å². The van der Waals surface area contributed by atoms with E-state index in [4.69, 9.17) is 0 Å². The fourth-order valence-corrected chi connectivity index (χ4v) is 2.29. The molecule has 1 unspecified atom stereocenters. The van der Waals surface area contributed by atoms with Crippen LogP contribution in [0.3, 0.4) is 0 Å². The predicted octanol–water partition coefficient (Wildman–Crippen LogP) is 1.01. The Morgan fingerprint density at radius 1 is 1.79 bits per heavy atom. The first kappa shape index (κ1) is 9.45. The Labute approximate surface area is 86.7 Å². The molecule has 1 fully saturated rings. The summed E-state index contributed by atoms with van der Waals surface area (Å²) in [6.45, 7) is 2.79. The molecule has 0 aliphatic carbocycles. The molecule has 14 heavy (non-hydrogen) atoms. The molecule has 1 aromatic heterocycles. The minimum atomic E-state index is 0.120. The number of aromatic nitrogens is 1. The molecular weight excluding hydrogens is 198 g/mol. The molecule has 5 heteroatoms. The second-order valence-electron chi connectivity index (χ2n) is 3.35. The first-order valence-electron chi connectivity index (χ1n) is 4.75. The van der Waals surface area contributed by atoms with Crippen molar-refractivity contribution < 1.29 is 4.79 Å². The first-order valence-corrected chi connectivity index (χ1v) is 5.63. The number of nitrogens with one attached hydrogen (secondary N) is 2. The molecule has 1 aliphatic rings. The van der Waals surface area contributed by atoms with Crippen molar-refractivity contribution in [1.82, 2.24) is 10.3 Å². The highest BCUT2D eigenvalue weighted by Crippen LogP contribution is 2.18. The van der Waals surface area contributed by atoms with E-state index in [-0.39, 0.29) is 11.9 Å². The highest BCUT2D eigenvalue weighted by atomic mass is 32.1. The summed E-state index contributed by atoms with van der Waals surface area (Å²) in [4.78, 5) is 15.3. The number of nitrogens with zero attached hydrogens (tertiary/aromatic N) is 1. The molecule has 4 nitrogen and oxygen atoms in total. The van der Waals surface area contributed by atoms with E-state index in [2.05, 4.69) is 22.5 Å². The highest BCUT2D eigenvalue weighted by Gasteiger charge is 2.21. The zero-order chi connectivity index (χ0) is 9.97. The third-order valence-electron chi connectivity index (χ3n) is 2.22. The topological polar surface area (TPSA) is 54.0 Å². The van der Waals surface area contributed by atoms with E-state index in [0.717, 1.165) is 17.2 Å². The number of rotatable bonds is 3. The lowest BCUT2D eigenvalue weighted by molar-refractivity contribution is -0.119. The van der Waals surface area contributed by atoms with Crippen molar-refractivity contribution in [2.75, 3.05) is 11.9 Å². The van der Waals surface area contributed by atoms with Crippen LogP contribution in [-0.2, 0) is 11.2 Å². The predicted molar refractivity (Wildman–Crippen MR) is 56.5 cm³/mol. The van der Waals surface area contributed by atoms with Crippen LogP contribution in [0.2, 0.25) is 0 Å². The van der Waals surface area contributed by atoms with Crippen LogP contribution in [0.1, 0.15) is 19.0 Å². The molecule has 1 aromatic rings. The van der Waals surface area contributed by atoms with Crippen LogP contribution in [-0.4, -0.2) is 23.5 Å². The highest BCUT2D eigenvalue weighted by molar-refractivity contribution is 7.13. The van der Waals surface area contributed by atoms with Crippen LogP contribution in [0.5, 0.6) is 0 Å². The maximum Gasteiger partial charge on any atom is 0.222 e. The minimum Gasteiger partial charge on any atom is -0.356 e. The number of anilines is 1. The molecule has 0 spiro atoms. The lowest BCUT2D eigenvalue weighted by Gasteiger charge is -2.07. The van der Waals surface area contributed by atoms with Gasteiger partial charge in [-0.2, -0.15) is 0 Å². The summed E-state index contributed by atoms with van der Waals surface area (Å²) in [5.41, 5.74) is 1.11. The van der Waals surface area contributed by atoms with Gasteiger partial charge in [0.05, 0.1) is 11.7 Å². The molecule has 0 saturated carbocycles. The van der Waals surface area contributed by atoms with Gasteiger partial charge in [0.15, 0.2) is 5.13 Å². The van der Waals surface area contributed by atoms with Gasteiger partial charge in [-0.15, -0.1) is 11.3 Å². The van der Waals surface area contributed by atoms with Crippen molar-refractivity contribution in [2.45, 2.75) is 25.8 Å². The average Bonchev–Trinajstić information content (AvgIpc) is 2.76. The third kappa shape index (κ3) is 2.04. The number of thiazole rings is 1. The van der Waals surface area contributed by atoms with E-state index in [9.17, 15) is 4.79 Å². The number of amides is 1. The van der Waals surface area contributed by atoms with Crippen molar-refractivity contribution in [2.24, 2.45) is 0 Å². The van der Waals surface area contributed by atoms with Crippen LogP contribution in [0.15, 0.2) is 5.38 Å². The van der Waals surface area contributed by atoms with E-state index >= 15 is 0 Å². The zero-order valence-electron chi connectivity index (χ0n) is 8.04. The largest absolute Gasteiger partial charge is 0.356 e. The van der Waals surface area contributed by atoms with E-state index < -0.39 is 0 Å². The van der Waals surface area contributed by atoms with Crippen molar-refractivity contribution >= 4 is 22.4 Å². The molecule has 2 rings (SSSR count). The number of carbonyl (C=O) groups excluding carboxylic acids is 1. The normalized spacial score (nSPS) is 20.9. The summed E-state index contributed by atoms with van der Waals surface area (Å²) in [7, 11) is 0. The minimum absolute atomic E-state index is 0.120. The Morgan fingerprint density at radius 2 is 2.64 bits per heavy atom. The maximum absolute atomic E-state index is 10.9. The Kier molecular flexibility index (Phi) is 2.67. The Hall–Kier alpha value is -1.10. The van der Waals surface area contributed by atoms with E-state index in [1.54, 1.807) is 11.3 Å². The van der Waals surface area contributed by atoms with Crippen molar-refractivity contribution in [3.63, 3.8) is 0 Å². The fraction of sp³-hybridized carbons (Fsp3) is 0.556. The van der Waals surface area contributed by atoms with Crippen LogP contribution < -0.4 is 10.6 Å². The van der Waals surface area contributed by atoms with Gasteiger partial charge >= 0.3 is 0 Å². The summed E-state index contributed by atoms with van der Waals surface area (Å²) < 4.78 is 0. The van der Waals surface area contributed by atoms with Crippen molar-refractivity contribution in [1.29, 1.82) is 0 Å². The third-order valence-corrected chi connectivity index (χ3v) is 3.04. The van der Waals surface area contributed by atoms with Gasteiger partial charge in [0.1, 0.15) is 0 Å². The van der Waals surface area contributed by atoms with Gasteiger partial charge in [-0.05, 0) is 6.42 Å². The number of aryl methyl sites for hydroxylation is 1. The van der Waals surface area contributed by atoms with Gasteiger partial charge in [0, 0.05) is 18.3 Å². The molecule has 2 heterocycles. The van der Waals surface area contributed by atoms with E-state index in [1.807, 2.05) is 5.38 Å². The molecule has 1 aliphatic heterocycles. The Bertz CT molecular complexity index is 337. The summed E-state index contributed by atoms with van der Waals surface area (Å²) in [5.74, 6) is 0.120. The van der Waals surface area contributed by atoms with Crippen molar-refractivity contribution in [3.8, 4) is 0 Å². The smallest absolute Gasteiger partial charge is 0.222 e. The van der Waals surface area contributed by atoms with Gasteiger partial charge in [-0.1, -0.05) is 6.92 Å². The van der Waals surface area contributed by atoms with E-state index in [1.165, 1.54) is 0 Å². The molecule has 1 saturated heterocycles. The summed E-state index contributed by atoms with van der Waals surface area (Å²) >= 11 is 1.60. The number of carbonyl (C=O) groups is 1. The van der Waals surface area contributed by atoms with Gasteiger partial charge in [-0.25, -0.2) is 4.98 Å². The Balaban J connectivity index is 1.93. The van der Waals surface area contributed by atoms with Gasteiger partial charge < -0.3 is 10.6 Å². The summed E-state index contributed by atoms with van der Waals surface area (Å²) in [6, 6.07) is 0.207. The van der Waals surface area contributed by atoms with Crippen molar-refractivity contribution in [3.05, 3.63) is 11.1 Å². The SMILES string of the molecule is CCc1csc(NC2CNC(=O)C2)n1. The van der Waals surface area contributed by atoms with Gasteiger partial charge in [0.25, 0.3) is 0 Å². The monoisotopic (exact) mass is 211 g/mol. The summed E-state index contributed by atoms with van der Waals surface area (Å²) in [6.07, 6.45) is 1.51. The zero-order valence-corrected chi connectivity index (χ0v) is 8.86. The standard InChI is InChI=1S/C9H13N3OS/c1-2-6-5-14-9(11-6)12-7-3-8(13)10-4-7/h5,7H,2-4H2,1H3,(H,10,13)(H,11,12).